The number of hydrogen-bond donors (Lipinski definition) is 3. The van der Waals surface area contributed by atoms with Gasteiger partial charge in [0.15, 0.2) is 0 Å². The van der Waals surface area contributed by atoms with Gasteiger partial charge in [0.25, 0.3) is 0 Å². The minimum absolute atomic E-state index is 0.125. The number of hydrogen-bond acceptors (Lipinski definition) is 3. The fraction of sp³-hybridized carbons (Fsp3) is 0.931. The molecule has 3 fully saturated rings. The maximum absolute atomic E-state index is 11.9. The standard InChI is InChI=1S/C29H50O3/c1-8-29(32)16-15-26(5)20(18-29)17-28(7,31)24-22-10-9-21(19(2)11-13-25(3,4)30)27(22,6)14-12-23(24)26/h17,19,21-24,30-32H,8-16,18H2,1-7H3/t19-,21-,22?,23?,24+,26+,27-,28+,29+/m1/s1. The molecule has 0 aliphatic heterocycles. The molecule has 0 spiro atoms. The van der Waals surface area contributed by atoms with Gasteiger partial charge in [-0.25, -0.2) is 0 Å². The summed E-state index contributed by atoms with van der Waals surface area (Å²) in [4.78, 5) is 0. The van der Waals surface area contributed by atoms with Crippen LogP contribution < -0.4 is 0 Å². The molecule has 4 aliphatic rings. The summed E-state index contributed by atoms with van der Waals surface area (Å²) in [7, 11) is 0. The average Bonchev–Trinajstić information content (AvgIpc) is 3.04. The maximum atomic E-state index is 11.9. The summed E-state index contributed by atoms with van der Waals surface area (Å²) >= 11 is 0. The van der Waals surface area contributed by atoms with Gasteiger partial charge in [-0.1, -0.05) is 39.3 Å². The van der Waals surface area contributed by atoms with Crippen LogP contribution in [-0.4, -0.2) is 32.1 Å². The molecule has 3 N–H and O–H groups in total. The largest absolute Gasteiger partial charge is 0.390 e. The van der Waals surface area contributed by atoms with Crippen LogP contribution in [0.4, 0.5) is 0 Å². The third kappa shape index (κ3) is 3.93. The summed E-state index contributed by atoms with van der Waals surface area (Å²) < 4.78 is 0. The molecule has 0 aromatic rings. The minimum Gasteiger partial charge on any atom is -0.390 e. The highest BCUT2D eigenvalue weighted by molar-refractivity contribution is 5.32. The zero-order valence-corrected chi connectivity index (χ0v) is 21.9. The van der Waals surface area contributed by atoms with Crippen LogP contribution in [0.25, 0.3) is 0 Å². The molecule has 0 aromatic heterocycles. The normalized spacial score (nSPS) is 49.6. The number of aliphatic hydroxyl groups is 3. The Bertz CT molecular complexity index is 748. The van der Waals surface area contributed by atoms with E-state index in [9.17, 15) is 15.3 Å². The van der Waals surface area contributed by atoms with Crippen LogP contribution in [0.15, 0.2) is 11.6 Å². The summed E-state index contributed by atoms with van der Waals surface area (Å²) in [5.41, 5.74) is -0.231. The lowest BCUT2D eigenvalue weighted by molar-refractivity contribution is -0.140. The second kappa shape index (κ2) is 7.82. The van der Waals surface area contributed by atoms with E-state index in [-0.39, 0.29) is 10.8 Å². The average molecular weight is 447 g/mol. The molecule has 3 nitrogen and oxygen atoms in total. The van der Waals surface area contributed by atoms with Crippen LogP contribution in [0.2, 0.25) is 0 Å². The Morgan fingerprint density at radius 1 is 1.03 bits per heavy atom. The van der Waals surface area contributed by atoms with Crippen molar-refractivity contribution in [3.63, 3.8) is 0 Å². The molecule has 0 radical (unpaired) electrons. The second-order valence-corrected chi connectivity index (χ2v) is 13.9. The fourth-order valence-electron chi connectivity index (χ4n) is 9.11. The van der Waals surface area contributed by atoms with Gasteiger partial charge in [-0.3, -0.25) is 0 Å². The van der Waals surface area contributed by atoms with E-state index in [1.807, 2.05) is 13.8 Å². The summed E-state index contributed by atoms with van der Waals surface area (Å²) in [5.74, 6) is 2.68. The first-order valence-electron chi connectivity index (χ1n) is 13.5. The Labute approximate surface area is 197 Å². The van der Waals surface area contributed by atoms with Gasteiger partial charge in [-0.2, -0.15) is 0 Å². The molecule has 32 heavy (non-hydrogen) atoms. The van der Waals surface area contributed by atoms with Crippen LogP contribution in [-0.2, 0) is 0 Å². The van der Waals surface area contributed by atoms with Crippen molar-refractivity contribution in [3.8, 4) is 0 Å². The minimum atomic E-state index is -0.789. The van der Waals surface area contributed by atoms with E-state index in [0.717, 1.165) is 38.5 Å². The Kier molecular flexibility index (Phi) is 6.04. The summed E-state index contributed by atoms with van der Waals surface area (Å²) in [5, 5.41) is 33.2. The molecule has 4 aliphatic carbocycles. The molecule has 3 saturated carbocycles. The predicted octanol–water partition coefficient (Wildman–Crippen LogP) is 6.25. The fourth-order valence-corrected chi connectivity index (χ4v) is 9.11. The molecular weight excluding hydrogens is 396 g/mol. The van der Waals surface area contributed by atoms with Crippen LogP contribution in [0.1, 0.15) is 113 Å². The first-order valence-corrected chi connectivity index (χ1v) is 13.5. The summed E-state index contributed by atoms with van der Waals surface area (Å²) in [6.07, 6.45) is 12.5. The highest BCUT2D eigenvalue weighted by Crippen LogP contribution is 2.69. The monoisotopic (exact) mass is 446 g/mol. The molecule has 4 rings (SSSR count). The van der Waals surface area contributed by atoms with Crippen LogP contribution in [0.3, 0.4) is 0 Å². The highest BCUT2D eigenvalue weighted by atomic mass is 16.3. The molecule has 0 aromatic carbocycles. The Morgan fingerprint density at radius 2 is 1.72 bits per heavy atom. The Balaban J connectivity index is 1.62. The first-order chi connectivity index (χ1) is 14.7. The van der Waals surface area contributed by atoms with Gasteiger partial charge in [-0.05, 0) is 125 Å². The first kappa shape index (κ1) is 24.7. The van der Waals surface area contributed by atoms with Crippen molar-refractivity contribution in [2.75, 3.05) is 0 Å². The van der Waals surface area contributed by atoms with Crippen LogP contribution in [0, 0.1) is 40.4 Å². The number of fused-ring (bicyclic) bond motifs is 5. The predicted molar refractivity (Wildman–Crippen MR) is 131 cm³/mol. The summed E-state index contributed by atoms with van der Waals surface area (Å²) in [6, 6.07) is 0. The van der Waals surface area contributed by atoms with Crippen LogP contribution >= 0.6 is 0 Å². The van der Waals surface area contributed by atoms with Gasteiger partial charge in [0.05, 0.1) is 16.8 Å². The third-order valence-electron chi connectivity index (χ3n) is 11.2. The van der Waals surface area contributed by atoms with Crippen molar-refractivity contribution < 1.29 is 15.3 Å². The molecule has 0 amide bonds. The Morgan fingerprint density at radius 3 is 2.34 bits per heavy atom. The molecule has 9 atom stereocenters. The van der Waals surface area contributed by atoms with Crippen molar-refractivity contribution >= 4 is 0 Å². The zero-order valence-electron chi connectivity index (χ0n) is 21.9. The molecule has 0 heterocycles. The lowest BCUT2D eigenvalue weighted by Gasteiger charge is -2.62. The van der Waals surface area contributed by atoms with E-state index < -0.39 is 16.8 Å². The number of rotatable bonds is 5. The Hall–Kier alpha value is -0.380. The third-order valence-corrected chi connectivity index (χ3v) is 11.2. The molecule has 184 valence electrons. The summed E-state index contributed by atoms with van der Waals surface area (Å²) in [6.45, 7) is 15.4. The van der Waals surface area contributed by atoms with E-state index in [4.69, 9.17) is 0 Å². The van der Waals surface area contributed by atoms with Gasteiger partial charge < -0.3 is 15.3 Å². The SMILES string of the molecule is CC[C@]1(O)CC[C@@]2(C)C(=C[C@](C)(O)[C@@H]3C2CC[C@@]2(C)C3CC[C@@H]2[C@H](C)CCC(C)(C)O)C1. The van der Waals surface area contributed by atoms with Crippen molar-refractivity contribution in [3.05, 3.63) is 11.6 Å². The topological polar surface area (TPSA) is 60.7 Å². The van der Waals surface area contributed by atoms with Crippen LogP contribution in [0.5, 0.6) is 0 Å². The second-order valence-electron chi connectivity index (χ2n) is 13.9. The van der Waals surface area contributed by atoms with Crippen molar-refractivity contribution in [2.24, 2.45) is 40.4 Å². The van der Waals surface area contributed by atoms with Gasteiger partial charge >= 0.3 is 0 Å². The molecular formula is C29H50O3. The van der Waals surface area contributed by atoms with Crippen molar-refractivity contribution in [1.82, 2.24) is 0 Å². The smallest absolute Gasteiger partial charge is 0.0836 e. The molecule has 0 bridgehead atoms. The highest BCUT2D eigenvalue weighted by Gasteiger charge is 2.64. The van der Waals surface area contributed by atoms with Gasteiger partial charge in [0, 0.05) is 0 Å². The zero-order chi connectivity index (χ0) is 23.7. The van der Waals surface area contributed by atoms with E-state index in [1.54, 1.807) is 0 Å². The van der Waals surface area contributed by atoms with E-state index in [2.05, 4.69) is 40.7 Å². The molecule has 3 heteroatoms. The van der Waals surface area contributed by atoms with E-state index >= 15 is 0 Å². The van der Waals surface area contributed by atoms with Gasteiger partial charge in [-0.15, -0.1) is 0 Å². The lowest BCUT2D eigenvalue weighted by Crippen LogP contribution is -2.59. The maximum Gasteiger partial charge on any atom is 0.0836 e. The van der Waals surface area contributed by atoms with Gasteiger partial charge in [0.1, 0.15) is 0 Å². The van der Waals surface area contributed by atoms with Crippen molar-refractivity contribution in [2.45, 2.75) is 129 Å². The van der Waals surface area contributed by atoms with E-state index in [0.29, 0.717) is 29.6 Å². The van der Waals surface area contributed by atoms with Crippen molar-refractivity contribution in [1.29, 1.82) is 0 Å². The lowest BCUT2D eigenvalue weighted by atomic mass is 9.43. The molecule has 0 saturated heterocycles. The molecule has 2 unspecified atom stereocenters. The quantitative estimate of drug-likeness (QED) is 0.437. The van der Waals surface area contributed by atoms with Gasteiger partial charge in [0.2, 0.25) is 0 Å². The van der Waals surface area contributed by atoms with E-state index in [1.165, 1.54) is 31.3 Å².